The summed E-state index contributed by atoms with van der Waals surface area (Å²) in [6, 6.07) is 16.8. The monoisotopic (exact) mass is 406 g/mol. The van der Waals surface area contributed by atoms with Crippen LogP contribution in [0.3, 0.4) is 0 Å². The fourth-order valence-corrected chi connectivity index (χ4v) is 4.03. The highest BCUT2D eigenvalue weighted by atomic mass is 19.1. The van der Waals surface area contributed by atoms with Crippen LogP contribution in [0.25, 0.3) is 0 Å². The fourth-order valence-electron chi connectivity index (χ4n) is 4.03. The Morgan fingerprint density at radius 1 is 1.10 bits per heavy atom. The van der Waals surface area contributed by atoms with Gasteiger partial charge < -0.3 is 5.32 Å². The van der Waals surface area contributed by atoms with E-state index in [0.717, 1.165) is 36.3 Å². The lowest BCUT2D eigenvalue weighted by molar-refractivity contribution is -0.123. The Morgan fingerprint density at radius 3 is 2.60 bits per heavy atom. The van der Waals surface area contributed by atoms with Crippen molar-refractivity contribution >= 4 is 5.91 Å². The Hall–Kier alpha value is -2.99. The molecule has 0 spiro atoms. The smallest absolute Gasteiger partial charge is 0.230 e. The van der Waals surface area contributed by atoms with Gasteiger partial charge >= 0.3 is 0 Å². The number of benzene rings is 2. The molecule has 6 heteroatoms. The van der Waals surface area contributed by atoms with Gasteiger partial charge in [-0.1, -0.05) is 42.5 Å². The Kier molecular flexibility index (Phi) is 6.23. The van der Waals surface area contributed by atoms with Gasteiger partial charge in [0.1, 0.15) is 5.82 Å². The van der Waals surface area contributed by atoms with E-state index < -0.39 is 0 Å². The highest BCUT2D eigenvalue weighted by molar-refractivity contribution is 5.84. The van der Waals surface area contributed by atoms with Crippen LogP contribution in [-0.2, 0) is 31.2 Å². The molecule has 1 aliphatic heterocycles. The van der Waals surface area contributed by atoms with Crippen LogP contribution >= 0.6 is 0 Å². The number of aryl methyl sites for hydroxylation is 1. The van der Waals surface area contributed by atoms with Crippen molar-refractivity contribution in [1.29, 1.82) is 0 Å². The van der Waals surface area contributed by atoms with Crippen molar-refractivity contribution in [2.24, 2.45) is 7.05 Å². The van der Waals surface area contributed by atoms with Gasteiger partial charge in [0, 0.05) is 45.0 Å². The molecule has 3 aromatic rings. The molecule has 1 aromatic heterocycles. The van der Waals surface area contributed by atoms with Gasteiger partial charge in [-0.3, -0.25) is 14.4 Å². The summed E-state index contributed by atoms with van der Waals surface area (Å²) in [6.45, 7) is 2.90. The minimum Gasteiger partial charge on any atom is -0.355 e. The molecule has 2 aromatic carbocycles. The summed E-state index contributed by atoms with van der Waals surface area (Å²) in [7, 11) is 1.90. The zero-order valence-electron chi connectivity index (χ0n) is 17.2. The summed E-state index contributed by atoms with van der Waals surface area (Å²) in [6.07, 6.45) is 3.64. The molecule has 1 atom stereocenters. The molecule has 0 saturated carbocycles. The van der Waals surface area contributed by atoms with Crippen molar-refractivity contribution in [2.75, 3.05) is 19.6 Å². The van der Waals surface area contributed by atoms with Crippen molar-refractivity contribution in [2.45, 2.75) is 25.3 Å². The van der Waals surface area contributed by atoms with Gasteiger partial charge in [-0.2, -0.15) is 5.10 Å². The summed E-state index contributed by atoms with van der Waals surface area (Å²) in [5, 5.41) is 7.62. The van der Waals surface area contributed by atoms with Crippen LogP contribution in [0.15, 0.2) is 60.8 Å². The summed E-state index contributed by atoms with van der Waals surface area (Å²) >= 11 is 0. The molecular formula is C24H27FN4O. The standard InChI is InChI=1S/C24H27FN4O/c1-28-15-20-16-29(14-12-18-5-3-2-4-6-18)17-22(23(20)27-28)24(30)26-13-11-19-7-9-21(25)10-8-19/h2-10,15,22H,11-14,16-17H2,1H3,(H,26,30)/t22-/m0/s1. The van der Waals surface area contributed by atoms with E-state index in [-0.39, 0.29) is 17.6 Å². The number of aromatic nitrogens is 2. The summed E-state index contributed by atoms with van der Waals surface area (Å²) < 4.78 is 14.8. The third-order valence-electron chi connectivity index (χ3n) is 5.60. The summed E-state index contributed by atoms with van der Waals surface area (Å²) in [4.78, 5) is 15.3. The summed E-state index contributed by atoms with van der Waals surface area (Å²) in [5.74, 6) is -0.524. The van der Waals surface area contributed by atoms with Gasteiger partial charge in [0.15, 0.2) is 0 Å². The third-order valence-corrected chi connectivity index (χ3v) is 5.60. The Labute approximate surface area is 176 Å². The number of nitrogens with one attached hydrogen (secondary N) is 1. The van der Waals surface area contributed by atoms with E-state index in [4.69, 9.17) is 0 Å². The number of rotatable bonds is 7. The molecule has 0 unspecified atom stereocenters. The molecule has 2 heterocycles. The molecule has 1 amide bonds. The molecule has 0 bridgehead atoms. The molecule has 4 rings (SSSR count). The first-order chi connectivity index (χ1) is 14.6. The van der Waals surface area contributed by atoms with E-state index in [2.05, 4.69) is 39.6 Å². The third kappa shape index (κ3) is 4.94. The van der Waals surface area contributed by atoms with Crippen molar-refractivity contribution in [3.8, 4) is 0 Å². The van der Waals surface area contributed by atoms with Gasteiger partial charge in [-0.25, -0.2) is 4.39 Å². The SMILES string of the molecule is Cn1cc2c(n1)[C@@H](C(=O)NCCc1ccc(F)cc1)CN(CCc1ccccc1)C2. The highest BCUT2D eigenvalue weighted by Crippen LogP contribution is 2.27. The van der Waals surface area contributed by atoms with E-state index >= 15 is 0 Å². The Bertz CT molecular complexity index is 984. The molecule has 156 valence electrons. The lowest BCUT2D eigenvalue weighted by Gasteiger charge is -2.31. The maximum atomic E-state index is 13.0. The van der Waals surface area contributed by atoms with Gasteiger partial charge in [0.05, 0.1) is 11.6 Å². The minimum atomic E-state index is -0.279. The maximum Gasteiger partial charge on any atom is 0.230 e. The molecule has 30 heavy (non-hydrogen) atoms. The topological polar surface area (TPSA) is 50.2 Å². The van der Waals surface area contributed by atoms with Gasteiger partial charge in [0.2, 0.25) is 5.91 Å². The first-order valence-electron chi connectivity index (χ1n) is 10.4. The van der Waals surface area contributed by atoms with Gasteiger partial charge in [0.25, 0.3) is 0 Å². The fraction of sp³-hybridized carbons (Fsp3) is 0.333. The van der Waals surface area contributed by atoms with Crippen LogP contribution in [-0.4, -0.2) is 40.2 Å². The predicted octanol–water partition coefficient (Wildman–Crippen LogP) is 3.06. The summed E-state index contributed by atoms with van der Waals surface area (Å²) in [5.41, 5.74) is 4.31. The number of halogens is 1. The number of amides is 1. The lowest BCUT2D eigenvalue weighted by Crippen LogP contribution is -2.42. The van der Waals surface area contributed by atoms with E-state index in [1.54, 1.807) is 16.8 Å². The van der Waals surface area contributed by atoms with Crippen molar-refractivity contribution in [3.05, 3.63) is 89.0 Å². The largest absolute Gasteiger partial charge is 0.355 e. The van der Waals surface area contributed by atoms with Crippen LogP contribution in [0.4, 0.5) is 4.39 Å². The Balaban J connectivity index is 1.38. The van der Waals surface area contributed by atoms with Crippen molar-refractivity contribution in [1.82, 2.24) is 20.0 Å². The van der Waals surface area contributed by atoms with Crippen LogP contribution in [0, 0.1) is 5.82 Å². The minimum absolute atomic E-state index is 0.00136. The second-order valence-electron chi connectivity index (χ2n) is 7.90. The number of hydrogen-bond acceptors (Lipinski definition) is 3. The maximum absolute atomic E-state index is 13.0. The van der Waals surface area contributed by atoms with E-state index in [0.29, 0.717) is 19.5 Å². The second-order valence-corrected chi connectivity index (χ2v) is 7.90. The zero-order valence-corrected chi connectivity index (χ0v) is 17.2. The highest BCUT2D eigenvalue weighted by Gasteiger charge is 2.32. The van der Waals surface area contributed by atoms with E-state index in [1.165, 1.54) is 17.7 Å². The normalized spacial score (nSPS) is 16.3. The number of nitrogens with zero attached hydrogens (tertiary/aromatic N) is 3. The predicted molar refractivity (Wildman–Crippen MR) is 114 cm³/mol. The van der Waals surface area contributed by atoms with Crippen LogP contribution in [0.1, 0.15) is 28.3 Å². The Morgan fingerprint density at radius 2 is 1.83 bits per heavy atom. The molecule has 0 saturated heterocycles. The zero-order chi connectivity index (χ0) is 20.9. The average molecular weight is 407 g/mol. The average Bonchev–Trinajstić information content (AvgIpc) is 3.13. The number of hydrogen-bond donors (Lipinski definition) is 1. The number of fused-ring (bicyclic) bond motifs is 1. The van der Waals surface area contributed by atoms with Crippen LogP contribution in [0.5, 0.6) is 0 Å². The van der Waals surface area contributed by atoms with E-state index in [1.807, 2.05) is 19.3 Å². The molecule has 0 radical (unpaired) electrons. The molecular weight excluding hydrogens is 379 g/mol. The van der Waals surface area contributed by atoms with Crippen LogP contribution in [0.2, 0.25) is 0 Å². The molecule has 5 nitrogen and oxygen atoms in total. The quantitative estimate of drug-likeness (QED) is 0.656. The lowest BCUT2D eigenvalue weighted by atomic mass is 9.95. The molecule has 1 aliphatic rings. The number of carbonyl (C=O) groups excluding carboxylic acids is 1. The molecule has 1 N–H and O–H groups in total. The first-order valence-corrected chi connectivity index (χ1v) is 10.4. The first kappa shape index (κ1) is 20.3. The second kappa shape index (κ2) is 9.22. The van der Waals surface area contributed by atoms with Gasteiger partial charge in [-0.05, 0) is 36.1 Å². The van der Waals surface area contributed by atoms with Crippen molar-refractivity contribution < 1.29 is 9.18 Å². The number of carbonyl (C=O) groups is 1. The van der Waals surface area contributed by atoms with E-state index in [9.17, 15) is 9.18 Å². The van der Waals surface area contributed by atoms with Gasteiger partial charge in [-0.15, -0.1) is 0 Å². The van der Waals surface area contributed by atoms with Crippen LogP contribution < -0.4 is 5.32 Å². The molecule has 0 aliphatic carbocycles. The molecule has 0 fully saturated rings. The van der Waals surface area contributed by atoms with Crippen molar-refractivity contribution in [3.63, 3.8) is 0 Å².